The maximum absolute atomic E-state index is 14.3. The molecular formula is C29H29FN2O6. The number of carbonyl (C=O) groups is 3. The molecule has 1 aliphatic rings. The fourth-order valence-electron chi connectivity index (χ4n) is 4.35. The largest absolute Gasteiger partial charge is 0.486 e. The number of amides is 3. The summed E-state index contributed by atoms with van der Waals surface area (Å²) in [5.74, 6) is 0.172. The molecule has 0 aliphatic carbocycles. The molecule has 2 heterocycles. The van der Waals surface area contributed by atoms with E-state index in [9.17, 15) is 18.8 Å². The van der Waals surface area contributed by atoms with Crippen LogP contribution in [0, 0.1) is 18.2 Å². The molecule has 4 rings (SSSR count). The minimum Gasteiger partial charge on any atom is -0.486 e. The Kier molecular flexibility index (Phi) is 6.94. The van der Waals surface area contributed by atoms with Crippen LogP contribution in [0.3, 0.4) is 0 Å². The van der Waals surface area contributed by atoms with Crippen LogP contribution >= 0.6 is 0 Å². The van der Waals surface area contributed by atoms with Crippen LogP contribution < -0.4 is 4.74 Å². The summed E-state index contributed by atoms with van der Waals surface area (Å²) in [6.45, 7) is 7.56. The van der Waals surface area contributed by atoms with Gasteiger partial charge in [0.15, 0.2) is 11.3 Å². The molecule has 1 aliphatic heterocycles. The Morgan fingerprint density at radius 3 is 2.55 bits per heavy atom. The lowest BCUT2D eigenvalue weighted by Crippen LogP contribution is -2.63. The minimum atomic E-state index is -1.75. The van der Waals surface area contributed by atoms with Crippen molar-refractivity contribution in [2.24, 2.45) is 0 Å². The van der Waals surface area contributed by atoms with Gasteiger partial charge >= 0.3 is 6.09 Å². The summed E-state index contributed by atoms with van der Waals surface area (Å²) in [6.07, 6.45) is 4.71. The van der Waals surface area contributed by atoms with Gasteiger partial charge in [-0.25, -0.2) is 14.1 Å². The van der Waals surface area contributed by atoms with E-state index in [1.54, 1.807) is 52.0 Å². The number of carbonyl (C=O) groups excluding carboxylic acids is 3. The molecule has 0 spiro atoms. The lowest BCUT2D eigenvalue weighted by molar-refractivity contribution is -0.144. The molecule has 0 saturated heterocycles. The van der Waals surface area contributed by atoms with E-state index in [0.717, 1.165) is 9.80 Å². The highest BCUT2D eigenvalue weighted by atomic mass is 19.1. The number of furan rings is 1. The topological polar surface area (TPSA) is 89.3 Å². The summed E-state index contributed by atoms with van der Waals surface area (Å²) in [6, 6.07) is 12.0. The standard InChI is InChI=1S/C29H29FN2O6/c1-7-15-31-25(33)24-23(21-16-20(30)13-14-22(21)37-24)36-17-29(31,6)26(34)32(27(35)38-28(3,4)5)18(2)19-11-9-8-10-12-19/h1,8-14,16,18H,15,17H2,2-6H3/t18-,29+/m0/s1. The van der Waals surface area contributed by atoms with Crippen molar-refractivity contribution in [1.29, 1.82) is 0 Å². The van der Waals surface area contributed by atoms with Crippen LogP contribution in [0.1, 0.15) is 56.8 Å². The van der Waals surface area contributed by atoms with Crippen molar-refractivity contribution < 1.29 is 32.7 Å². The Balaban J connectivity index is 1.81. The number of terminal acetylenes is 1. The molecule has 0 radical (unpaired) electrons. The molecule has 0 saturated carbocycles. The number of benzene rings is 2. The molecule has 3 amide bonds. The molecular weight excluding hydrogens is 491 g/mol. The lowest BCUT2D eigenvalue weighted by atomic mass is 9.96. The summed E-state index contributed by atoms with van der Waals surface area (Å²) in [5.41, 5.74) is -1.72. The predicted octanol–water partition coefficient (Wildman–Crippen LogP) is 5.32. The molecule has 2 aromatic carbocycles. The molecule has 0 N–H and O–H groups in total. The predicted molar refractivity (Wildman–Crippen MR) is 138 cm³/mol. The zero-order chi connectivity index (χ0) is 27.8. The number of halogens is 1. The maximum Gasteiger partial charge on any atom is 0.417 e. The number of rotatable bonds is 4. The third kappa shape index (κ3) is 4.82. The van der Waals surface area contributed by atoms with Crippen LogP contribution in [0.15, 0.2) is 52.9 Å². The van der Waals surface area contributed by atoms with E-state index in [-0.39, 0.29) is 35.6 Å². The monoisotopic (exact) mass is 520 g/mol. The second-order valence-electron chi connectivity index (χ2n) is 10.3. The van der Waals surface area contributed by atoms with E-state index < -0.39 is 40.9 Å². The summed E-state index contributed by atoms with van der Waals surface area (Å²) >= 11 is 0. The molecule has 198 valence electrons. The van der Waals surface area contributed by atoms with Crippen molar-refractivity contribution in [3.8, 4) is 18.1 Å². The van der Waals surface area contributed by atoms with Gasteiger partial charge in [0, 0.05) is 0 Å². The Bertz CT molecular complexity index is 1440. The second-order valence-corrected chi connectivity index (χ2v) is 10.3. The Morgan fingerprint density at radius 2 is 1.92 bits per heavy atom. The van der Waals surface area contributed by atoms with E-state index in [2.05, 4.69) is 5.92 Å². The third-order valence-electron chi connectivity index (χ3n) is 6.33. The number of ether oxygens (including phenoxy) is 2. The molecule has 8 nitrogen and oxygen atoms in total. The Morgan fingerprint density at radius 1 is 1.24 bits per heavy atom. The fourth-order valence-corrected chi connectivity index (χ4v) is 4.35. The van der Waals surface area contributed by atoms with E-state index >= 15 is 0 Å². The van der Waals surface area contributed by atoms with Gasteiger partial charge in [-0.15, -0.1) is 6.42 Å². The first-order valence-electron chi connectivity index (χ1n) is 12.1. The molecule has 38 heavy (non-hydrogen) atoms. The summed E-state index contributed by atoms with van der Waals surface area (Å²) in [4.78, 5) is 43.6. The number of hydrogen-bond donors (Lipinski definition) is 0. The van der Waals surface area contributed by atoms with Crippen molar-refractivity contribution in [1.82, 2.24) is 9.80 Å². The highest BCUT2D eigenvalue weighted by Gasteiger charge is 2.52. The van der Waals surface area contributed by atoms with Gasteiger partial charge in [-0.05, 0) is 58.4 Å². The van der Waals surface area contributed by atoms with E-state index in [1.807, 2.05) is 6.07 Å². The molecule has 9 heteroatoms. The molecule has 0 unspecified atom stereocenters. The average Bonchev–Trinajstić information content (AvgIpc) is 3.17. The van der Waals surface area contributed by atoms with Crippen molar-refractivity contribution >= 4 is 28.9 Å². The first-order valence-corrected chi connectivity index (χ1v) is 12.1. The third-order valence-corrected chi connectivity index (χ3v) is 6.33. The second kappa shape index (κ2) is 9.86. The summed E-state index contributed by atoms with van der Waals surface area (Å²) in [5, 5.41) is 0.243. The molecule has 0 bridgehead atoms. The highest BCUT2D eigenvalue weighted by Crippen LogP contribution is 2.40. The van der Waals surface area contributed by atoms with Gasteiger partial charge in [0.05, 0.1) is 18.0 Å². The van der Waals surface area contributed by atoms with Crippen molar-refractivity contribution in [2.45, 2.75) is 51.8 Å². The van der Waals surface area contributed by atoms with E-state index in [1.165, 1.54) is 25.1 Å². The first kappa shape index (κ1) is 26.7. The van der Waals surface area contributed by atoms with Crippen LogP contribution in [-0.2, 0) is 9.53 Å². The summed E-state index contributed by atoms with van der Waals surface area (Å²) in [7, 11) is 0. The van der Waals surface area contributed by atoms with E-state index in [0.29, 0.717) is 5.56 Å². The van der Waals surface area contributed by atoms with Crippen LogP contribution in [0.5, 0.6) is 5.75 Å². The van der Waals surface area contributed by atoms with Gasteiger partial charge < -0.3 is 18.8 Å². The maximum atomic E-state index is 14.3. The smallest absolute Gasteiger partial charge is 0.417 e. The molecule has 2 atom stereocenters. The fraction of sp³-hybridized carbons (Fsp3) is 0.345. The van der Waals surface area contributed by atoms with Gasteiger partial charge in [-0.2, -0.15) is 0 Å². The Labute approximate surface area is 220 Å². The number of nitrogens with zero attached hydrogens (tertiary/aromatic N) is 2. The van der Waals surface area contributed by atoms with Gasteiger partial charge in [0.25, 0.3) is 11.8 Å². The molecule has 3 aromatic rings. The van der Waals surface area contributed by atoms with Crippen molar-refractivity contribution in [3.63, 3.8) is 0 Å². The molecule has 1 aromatic heterocycles. The van der Waals surface area contributed by atoms with Crippen molar-refractivity contribution in [2.75, 3.05) is 13.2 Å². The van der Waals surface area contributed by atoms with Crippen LogP contribution in [-0.4, -0.2) is 52.0 Å². The van der Waals surface area contributed by atoms with Gasteiger partial charge in [-0.1, -0.05) is 36.3 Å². The minimum absolute atomic E-state index is 0.00275. The number of hydrogen-bond acceptors (Lipinski definition) is 6. The normalized spacial score (nSPS) is 18.1. The van der Waals surface area contributed by atoms with Gasteiger partial charge in [0.1, 0.15) is 23.6 Å². The highest BCUT2D eigenvalue weighted by molar-refractivity contribution is 6.06. The van der Waals surface area contributed by atoms with Gasteiger partial charge in [0.2, 0.25) is 5.76 Å². The zero-order valence-corrected chi connectivity index (χ0v) is 21.9. The number of fused-ring (bicyclic) bond motifs is 3. The van der Waals surface area contributed by atoms with Gasteiger partial charge in [-0.3, -0.25) is 9.59 Å². The van der Waals surface area contributed by atoms with Crippen LogP contribution in [0.25, 0.3) is 11.0 Å². The molecule has 0 fully saturated rings. The quantitative estimate of drug-likeness (QED) is 0.433. The van der Waals surface area contributed by atoms with Crippen LogP contribution in [0.2, 0.25) is 0 Å². The zero-order valence-electron chi connectivity index (χ0n) is 21.9. The Hall–Kier alpha value is -4.32. The number of imide groups is 1. The summed E-state index contributed by atoms with van der Waals surface area (Å²) < 4.78 is 31.3. The van der Waals surface area contributed by atoms with Crippen molar-refractivity contribution in [3.05, 3.63) is 65.7 Å². The lowest BCUT2D eigenvalue weighted by Gasteiger charge is -2.41. The first-order chi connectivity index (χ1) is 17.9. The SMILES string of the molecule is C#CCN1C(=O)c2oc3ccc(F)cc3c2OC[C@]1(C)C(=O)N(C(=O)OC(C)(C)C)[C@@H](C)c1ccccc1. The van der Waals surface area contributed by atoms with E-state index in [4.69, 9.17) is 20.3 Å². The van der Waals surface area contributed by atoms with Crippen LogP contribution in [0.4, 0.5) is 9.18 Å². The average molecular weight is 521 g/mol.